The molecule has 1 aliphatic heterocycles. The highest BCUT2D eigenvalue weighted by Crippen LogP contribution is 2.32. The van der Waals surface area contributed by atoms with Crippen LogP contribution in [0.1, 0.15) is 18.1 Å². The van der Waals surface area contributed by atoms with Gasteiger partial charge in [-0.1, -0.05) is 47.7 Å². The fourth-order valence-corrected chi connectivity index (χ4v) is 3.48. The number of carbonyl (C=O) groups excluding carboxylic acids is 1. The van der Waals surface area contributed by atoms with E-state index in [2.05, 4.69) is 20.5 Å². The van der Waals surface area contributed by atoms with E-state index in [9.17, 15) is 4.79 Å². The Bertz CT molecular complexity index is 987. The highest BCUT2D eigenvalue weighted by atomic mass is 32.2. The lowest BCUT2D eigenvalue weighted by Gasteiger charge is -2.10. The number of rotatable bonds is 6. The standard InChI is InChI=1S/C20H20N4O3S/c1-12-3-6-15(7-4-12)18-22-20(24-23-18)28-13(2)19(25)21-10-14-5-8-16-17(9-14)27-11-26-16/h3-9,13H,10-11H2,1-2H3,(H,21,25)(H,22,23,24)/t13-/m0/s1. The van der Waals surface area contributed by atoms with Gasteiger partial charge >= 0.3 is 0 Å². The van der Waals surface area contributed by atoms with E-state index < -0.39 is 0 Å². The Balaban J connectivity index is 1.32. The first-order chi connectivity index (χ1) is 13.6. The number of fused-ring (bicyclic) bond motifs is 1. The Morgan fingerprint density at radius 1 is 1.21 bits per heavy atom. The van der Waals surface area contributed by atoms with Crippen molar-refractivity contribution in [2.45, 2.75) is 30.8 Å². The largest absolute Gasteiger partial charge is 0.454 e. The van der Waals surface area contributed by atoms with E-state index in [1.54, 1.807) is 0 Å². The average molecular weight is 396 g/mol. The van der Waals surface area contributed by atoms with Crippen LogP contribution in [0, 0.1) is 6.92 Å². The summed E-state index contributed by atoms with van der Waals surface area (Å²) in [6.07, 6.45) is 0. The molecule has 1 amide bonds. The molecule has 1 aromatic heterocycles. The van der Waals surface area contributed by atoms with Crippen LogP contribution >= 0.6 is 11.8 Å². The molecule has 0 radical (unpaired) electrons. The van der Waals surface area contributed by atoms with E-state index in [-0.39, 0.29) is 18.0 Å². The number of aryl methyl sites for hydroxylation is 1. The topological polar surface area (TPSA) is 89.1 Å². The molecule has 2 aromatic carbocycles. The van der Waals surface area contributed by atoms with Crippen LogP contribution in [0.15, 0.2) is 47.6 Å². The molecule has 2 N–H and O–H groups in total. The van der Waals surface area contributed by atoms with Crippen molar-refractivity contribution in [3.63, 3.8) is 0 Å². The van der Waals surface area contributed by atoms with Crippen LogP contribution in [-0.4, -0.2) is 33.1 Å². The average Bonchev–Trinajstić information content (AvgIpc) is 3.35. The summed E-state index contributed by atoms with van der Waals surface area (Å²) in [5, 5.41) is 10.3. The number of thioether (sulfide) groups is 1. The summed E-state index contributed by atoms with van der Waals surface area (Å²) in [4.78, 5) is 16.9. The number of hydrogen-bond donors (Lipinski definition) is 2. The zero-order chi connectivity index (χ0) is 19.5. The van der Waals surface area contributed by atoms with Gasteiger partial charge in [0.15, 0.2) is 17.3 Å². The van der Waals surface area contributed by atoms with E-state index >= 15 is 0 Å². The number of ether oxygens (including phenoxy) is 2. The number of carbonyl (C=O) groups is 1. The van der Waals surface area contributed by atoms with Crippen LogP contribution in [-0.2, 0) is 11.3 Å². The van der Waals surface area contributed by atoms with Crippen LogP contribution < -0.4 is 14.8 Å². The molecule has 2 heterocycles. The van der Waals surface area contributed by atoms with Gasteiger partial charge in [-0.05, 0) is 31.5 Å². The Labute approximate surface area is 166 Å². The van der Waals surface area contributed by atoms with Crippen molar-refractivity contribution in [2.75, 3.05) is 6.79 Å². The van der Waals surface area contributed by atoms with Crippen molar-refractivity contribution in [1.29, 1.82) is 0 Å². The molecule has 3 aromatic rings. The maximum atomic E-state index is 12.4. The fraction of sp³-hybridized carbons (Fsp3) is 0.250. The molecular formula is C20H20N4O3S. The van der Waals surface area contributed by atoms with Crippen molar-refractivity contribution < 1.29 is 14.3 Å². The molecule has 0 saturated carbocycles. The molecule has 0 aliphatic carbocycles. The molecule has 1 atom stereocenters. The lowest BCUT2D eigenvalue weighted by Crippen LogP contribution is -2.30. The Kier molecular flexibility index (Phi) is 5.21. The number of hydrogen-bond acceptors (Lipinski definition) is 6. The normalized spacial score (nSPS) is 13.4. The number of H-pyrrole nitrogens is 1. The van der Waals surface area contributed by atoms with E-state index in [1.807, 2.05) is 56.3 Å². The summed E-state index contributed by atoms with van der Waals surface area (Å²) in [6, 6.07) is 13.7. The minimum absolute atomic E-state index is 0.0793. The summed E-state index contributed by atoms with van der Waals surface area (Å²) < 4.78 is 10.7. The van der Waals surface area contributed by atoms with Crippen molar-refractivity contribution in [3.8, 4) is 22.9 Å². The predicted octanol–water partition coefficient (Wildman–Crippen LogP) is 3.31. The third kappa shape index (κ3) is 4.12. The summed E-state index contributed by atoms with van der Waals surface area (Å²) in [6.45, 7) is 4.53. The summed E-state index contributed by atoms with van der Waals surface area (Å²) in [5.41, 5.74) is 3.10. The SMILES string of the molecule is Cc1ccc(-c2nc(S[C@@H](C)C(=O)NCc3ccc4c(c3)OCO4)n[nH]2)cc1. The van der Waals surface area contributed by atoms with Crippen LogP contribution in [0.25, 0.3) is 11.4 Å². The molecule has 144 valence electrons. The van der Waals surface area contributed by atoms with Gasteiger partial charge in [0.2, 0.25) is 17.9 Å². The van der Waals surface area contributed by atoms with Crippen LogP contribution in [0.4, 0.5) is 0 Å². The van der Waals surface area contributed by atoms with Crippen molar-refractivity contribution in [3.05, 3.63) is 53.6 Å². The molecule has 28 heavy (non-hydrogen) atoms. The lowest BCUT2D eigenvalue weighted by atomic mass is 10.1. The van der Waals surface area contributed by atoms with E-state index in [0.717, 1.165) is 16.9 Å². The molecule has 4 rings (SSSR count). The van der Waals surface area contributed by atoms with Gasteiger partial charge in [0.1, 0.15) is 0 Å². The zero-order valence-corrected chi connectivity index (χ0v) is 16.4. The molecule has 0 unspecified atom stereocenters. The quantitative estimate of drug-likeness (QED) is 0.622. The highest BCUT2D eigenvalue weighted by Gasteiger charge is 2.18. The summed E-state index contributed by atoms with van der Waals surface area (Å²) >= 11 is 1.32. The maximum Gasteiger partial charge on any atom is 0.233 e. The van der Waals surface area contributed by atoms with E-state index in [1.165, 1.54) is 17.3 Å². The van der Waals surface area contributed by atoms with Crippen LogP contribution in [0.2, 0.25) is 0 Å². The smallest absolute Gasteiger partial charge is 0.233 e. The monoisotopic (exact) mass is 396 g/mol. The molecule has 1 aliphatic rings. The van der Waals surface area contributed by atoms with Gasteiger partial charge in [0.25, 0.3) is 0 Å². The number of aromatic nitrogens is 3. The summed E-state index contributed by atoms with van der Waals surface area (Å²) in [7, 11) is 0. The van der Waals surface area contributed by atoms with Gasteiger partial charge in [-0.2, -0.15) is 0 Å². The van der Waals surface area contributed by atoms with Gasteiger partial charge in [-0.25, -0.2) is 4.98 Å². The minimum atomic E-state index is -0.323. The third-order valence-electron chi connectivity index (χ3n) is 4.35. The van der Waals surface area contributed by atoms with Gasteiger partial charge in [-0.3, -0.25) is 9.89 Å². The Morgan fingerprint density at radius 3 is 2.82 bits per heavy atom. The molecule has 0 spiro atoms. The van der Waals surface area contributed by atoms with Gasteiger partial charge in [0.05, 0.1) is 5.25 Å². The molecule has 0 fully saturated rings. The molecule has 8 heteroatoms. The third-order valence-corrected chi connectivity index (χ3v) is 5.31. The van der Waals surface area contributed by atoms with Crippen molar-refractivity contribution in [1.82, 2.24) is 20.5 Å². The predicted molar refractivity (Wildman–Crippen MR) is 106 cm³/mol. The molecular weight excluding hydrogens is 376 g/mol. The van der Waals surface area contributed by atoms with Crippen LogP contribution in [0.5, 0.6) is 11.5 Å². The second-order valence-corrected chi connectivity index (χ2v) is 7.81. The van der Waals surface area contributed by atoms with E-state index in [0.29, 0.717) is 23.3 Å². The number of amides is 1. The maximum absolute atomic E-state index is 12.4. The Morgan fingerprint density at radius 2 is 2.00 bits per heavy atom. The first-order valence-electron chi connectivity index (χ1n) is 8.91. The highest BCUT2D eigenvalue weighted by molar-refractivity contribution is 8.00. The van der Waals surface area contributed by atoms with Crippen LogP contribution in [0.3, 0.4) is 0 Å². The minimum Gasteiger partial charge on any atom is -0.454 e. The lowest BCUT2D eigenvalue weighted by molar-refractivity contribution is -0.120. The van der Waals surface area contributed by atoms with Crippen molar-refractivity contribution >= 4 is 17.7 Å². The number of benzene rings is 2. The van der Waals surface area contributed by atoms with Gasteiger partial charge < -0.3 is 14.8 Å². The van der Waals surface area contributed by atoms with E-state index in [4.69, 9.17) is 9.47 Å². The molecule has 0 bridgehead atoms. The second kappa shape index (κ2) is 7.93. The first kappa shape index (κ1) is 18.4. The van der Waals surface area contributed by atoms with Crippen molar-refractivity contribution in [2.24, 2.45) is 0 Å². The summed E-state index contributed by atoms with van der Waals surface area (Å²) in [5.74, 6) is 2.05. The Hall–Kier alpha value is -3.00. The number of nitrogens with zero attached hydrogens (tertiary/aromatic N) is 2. The second-order valence-electron chi connectivity index (χ2n) is 6.50. The number of aromatic amines is 1. The fourth-order valence-electron chi connectivity index (χ4n) is 2.74. The zero-order valence-electron chi connectivity index (χ0n) is 15.6. The van der Waals surface area contributed by atoms with Gasteiger partial charge in [-0.15, -0.1) is 5.10 Å². The van der Waals surface area contributed by atoms with Gasteiger partial charge in [0, 0.05) is 12.1 Å². The number of nitrogens with one attached hydrogen (secondary N) is 2. The molecule has 0 saturated heterocycles. The molecule has 7 nitrogen and oxygen atoms in total. The first-order valence-corrected chi connectivity index (χ1v) is 9.79.